The summed E-state index contributed by atoms with van der Waals surface area (Å²) in [6, 6.07) is -0.0341. The number of hydrogen-bond acceptors (Lipinski definition) is 4. The van der Waals surface area contributed by atoms with E-state index >= 15 is 0 Å². The fourth-order valence-electron chi connectivity index (χ4n) is 2.48. The first-order valence-corrected chi connectivity index (χ1v) is 8.98. The molecular weight excluding hydrogens is 264 g/mol. The molecule has 1 aliphatic carbocycles. The van der Waals surface area contributed by atoms with Crippen molar-refractivity contribution in [3.05, 3.63) is 0 Å². The van der Waals surface area contributed by atoms with Crippen LogP contribution in [0.1, 0.15) is 45.4 Å². The highest BCUT2D eigenvalue weighted by molar-refractivity contribution is 7.89. The Hall–Kier alpha value is -0.170. The van der Waals surface area contributed by atoms with E-state index in [4.69, 9.17) is 4.74 Å². The Labute approximate surface area is 117 Å². The highest BCUT2D eigenvalue weighted by atomic mass is 32.2. The first-order chi connectivity index (χ1) is 9.09. The molecule has 1 rings (SSSR count). The standard InChI is InChI=1S/C13H28N2O3S/c1-3-9-14-10-4-5-11-19(16,17)15-12-7-6-8-13(12)18-2/h12-15H,3-11H2,1-2H3. The summed E-state index contributed by atoms with van der Waals surface area (Å²) in [5.74, 6) is 0.216. The highest BCUT2D eigenvalue weighted by Gasteiger charge is 2.30. The number of ether oxygens (including phenoxy) is 1. The zero-order chi connectivity index (χ0) is 14.1. The molecule has 2 atom stereocenters. The van der Waals surface area contributed by atoms with E-state index in [2.05, 4.69) is 17.0 Å². The van der Waals surface area contributed by atoms with Crippen molar-refractivity contribution >= 4 is 10.0 Å². The highest BCUT2D eigenvalue weighted by Crippen LogP contribution is 2.22. The maximum atomic E-state index is 11.9. The second kappa shape index (κ2) is 8.89. The minimum absolute atomic E-state index is 0.0341. The third-order valence-corrected chi connectivity index (χ3v) is 5.02. The maximum Gasteiger partial charge on any atom is 0.211 e. The predicted molar refractivity (Wildman–Crippen MR) is 77.8 cm³/mol. The van der Waals surface area contributed by atoms with Gasteiger partial charge in [-0.3, -0.25) is 0 Å². The first kappa shape index (κ1) is 16.9. The van der Waals surface area contributed by atoms with Gasteiger partial charge in [0.1, 0.15) is 0 Å². The number of nitrogens with one attached hydrogen (secondary N) is 2. The van der Waals surface area contributed by atoms with Gasteiger partial charge in [-0.1, -0.05) is 6.92 Å². The Morgan fingerprint density at radius 2 is 2.00 bits per heavy atom. The summed E-state index contributed by atoms with van der Waals surface area (Å²) >= 11 is 0. The molecule has 0 radical (unpaired) electrons. The van der Waals surface area contributed by atoms with E-state index in [1.807, 2.05) is 0 Å². The van der Waals surface area contributed by atoms with Crippen molar-refractivity contribution in [1.29, 1.82) is 0 Å². The summed E-state index contributed by atoms with van der Waals surface area (Å²) in [5, 5.41) is 3.28. The van der Waals surface area contributed by atoms with Crippen molar-refractivity contribution in [2.24, 2.45) is 0 Å². The molecule has 0 heterocycles. The average Bonchev–Trinajstić information content (AvgIpc) is 2.80. The van der Waals surface area contributed by atoms with Gasteiger partial charge in [-0.05, 0) is 51.6 Å². The fourth-order valence-corrected chi connectivity index (χ4v) is 3.91. The van der Waals surface area contributed by atoms with Gasteiger partial charge in [0, 0.05) is 13.2 Å². The van der Waals surface area contributed by atoms with Gasteiger partial charge in [0.05, 0.1) is 11.9 Å². The number of rotatable bonds is 10. The molecular formula is C13H28N2O3S. The van der Waals surface area contributed by atoms with Gasteiger partial charge in [0.25, 0.3) is 0 Å². The maximum absolute atomic E-state index is 11.9. The minimum atomic E-state index is -3.16. The number of hydrogen-bond donors (Lipinski definition) is 2. The minimum Gasteiger partial charge on any atom is -0.380 e. The molecule has 6 heteroatoms. The lowest BCUT2D eigenvalue weighted by atomic mass is 10.2. The largest absolute Gasteiger partial charge is 0.380 e. The van der Waals surface area contributed by atoms with E-state index in [9.17, 15) is 8.42 Å². The summed E-state index contributed by atoms with van der Waals surface area (Å²) in [5.41, 5.74) is 0. The van der Waals surface area contributed by atoms with Crippen LogP contribution in [0, 0.1) is 0 Å². The molecule has 0 aliphatic heterocycles. The molecule has 114 valence electrons. The summed E-state index contributed by atoms with van der Waals surface area (Å²) < 4.78 is 32.0. The Balaban J connectivity index is 2.20. The molecule has 1 fully saturated rings. The molecule has 0 bridgehead atoms. The Morgan fingerprint density at radius 1 is 1.21 bits per heavy atom. The van der Waals surface area contributed by atoms with Gasteiger partial charge in [-0.2, -0.15) is 0 Å². The molecule has 0 amide bonds. The van der Waals surface area contributed by atoms with Crippen molar-refractivity contribution in [2.45, 2.75) is 57.6 Å². The molecule has 0 aromatic heterocycles. The van der Waals surface area contributed by atoms with Crippen LogP contribution in [0.4, 0.5) is 0 Å². The average molecular weight is 292 g/mol. The number of unbranched alkanes of at least 4 members (excludes halogenated alkanes) is 1. The van der Waals surface area contributed by atoms with E-state index in [1.165, 1.54) is 0 Å². The zero-order valence-corrected chi connectivity index (χ0v) is 13.0. The summed E-state index contributed by atoms with van der Waals surface area (Å²) in [6.07, 6.45) is 5.63. The van der Waals surface area contributed by atoms with Crippen LogP contribution in [0.25, 0.3) is 0 Å². The van der Waals surface area contributed by atoms with Gasteiger partial charge in [-0.25, -0.2) is 13.1 Å². The van der Waals surface area contributed by atoms with Crippen LogP contribution in [0.5, 0.6) is 0 Å². The molecule has 1 saturated carbocycles. The van der Waals surface area contributed by atoms with Gasteiger partial charge in [-0.15, -0.1) is 0 Å². The quantitative estimate of drug-likeness (QED) is 0.595. The Kier molecular flexibility index (Phi) is 7.90. The smallest absolute Gasteiger partial charge is 0.211 e. The Morgan fingerprint density at radius 3 is 2.68 bits per heavy atom. The van der Waals surface area contributed by atoms with Crippen LogP contribution < -0.4 is 10.0 Å². The fraction of sp³-hybridized carbons (Fsp3) is 1.00. The summed E-state index contributed by atoms with van der Waals surface area (Å²) in [4.78, 5) is 0. The van der Waals surface area contributed by atoms with E-state index in [-0.39, 0.29) is 17.9 Å². The number of sulfonamides is 1. The third-order valence-electron chi connectivity index (χ3n) is 3.53. The van der Waals surface area contributed by atoms with Gasteiger partial charge in [0.15, 0.2) is 0 Å². The van der Waals surface area contributed by atoms with Crippen LogP contribution in [-0.4, -0.2) is 46.5 Å². The van der Waals surface area contributed by atoms with Gasteiger partial charge in [0.2, 0.25) is 10.0 Å². The molecule has 5 nitrogen and oxygen atoms in total. The SMILES string of the molecule is CCCNCCCCS(=O)(=O)NC1CCCC1OC. The Bertz CT molecular complexity index is 333. The van der Waals surface area contributed by atoms with Crippen molar-refractivity contribution in [3.8, 4) is 0 Å². The van der Waals surface area contributed by atoms with E-state index in [1.54, 1.807) is 7.11 Å². The van der Waals surface area contributed by atoms with Gasteiger partial charge < -0.3 is 10.1 Å². The van der Waals surface area contributed by atoms with Crippen molar-refractivity contribution in [1.82, 2.24) is 10.0 Å². The van der Waals surface area contributed by atoms with Crippen molar-refractivity contribution < 1.29 is 13.2 Å². The normalized spacial score (nSPS) is 23.9. The van der Waals surface area contributed by atoms with E-state index in [0.29, 0.717) is 6.42 Å². The molecule has 1 aliphatic rings. The van der Waals surface area contributed by atoms with E-state index in [0.717, 1.165) is 45.2 Å². The lowest BCUT2D eigenvalue weighted by molar-refractivity contribution is 0.0916. The zero-order valence-electron chi connectivity index (χ0n) is 12.2. The second-order valence-corrected chi connectivity index (χ2v) is 7.08. The second-order valence-electron chi connectivity index (χ2n) is 5.21. The lowest BCUT2D eigenvalue weighted by Gasteiger charge is -2.19. The summed E-state index contributed by atoms with van der Waals surface area (Å²) in [6.45, 7) is 4.02. The first-order valence-electron chi connectivity index (χ1n) is 7.32. The third kappa shape index (κ3) is 6.70. The molecule has 0 aromatic carbocycles. The topological polar surface area (TPSA) is 67.4 Å². The molecule has 2 N–H and O–H groups in total. The van der Waals surface area contributed by atoms with Crippen molar-refractivity contribution in [3.63, 3.8) is 0 Å². The lowest BCUT2D eigenvalue weighted by Crippen LogP contribution is -2.41. The summed E-state index contributed by atoms with van der Waals surface area (Å²) in [7, 11) is -1.51. The van der Waals surface area contributed by atoms with Crippen LogP contribution in [0.2, 0.25) is 0 Å². The molecule has 0 spiro atoms. The van der Waals surface area contributed by atoms with Crippen LogP contribution in [-0.2, 0) is 14.8 Å². The molecule has 0 saturated heterocycles. The predicted octanol–water partition coefficient (Wildman–Crippen LogP) is 1.25. The van der Waals surface area contributed by atoms with Gasteiger partial charge >= 0.3 is 0 Å². The number of methoxy groups -OCH3 is 1. The van der Waals surface area contributed by atoms with Crippen LogP contribution in [0.15, 0.2) is 0 Å². The van der Waals surface area contributed by atoms with Crippen molar-refractivity contribution in [2.75, 3.05) is 26.0 Å². The molecule has 19 heavy (non-hydrogen) atoms. The molecule has 0 aromatic rings. The van der Waals surface area contributed by atoms with Crippen LogP contribution in [0.3, 0.4) is 0 Å². The van der Waals surface area contributed by atoms with Crippen LogP contribution >= 0.6 is 0 Å². The monoisotopic (exact) mass is 292 g/mol. The van der Waals surface area contributed by atoms with E-state index < -0.39 is 10.0 Å². The molecule has 2 unspecified atom stereocenters.